The number of carboxylic acids is 1. The topological polar surface area (TPSA) is 59.4 Å². The highest BCUT2D eigenvalue weighted by molar-refractivity contribution is 5.75. The van der Waals surface area contributed by atoms with E-state index in [0.29, 0.717) is 5.88 Å². The van der Waals surface area contributed by atoms with Crippen molar-refractivity contribution in [3.63, 3.8) is 0 Å². The van der Waals surface area contributed by atoms with Crippen molar-refractivity contribution >= 4 is 5.97 Å². The third-order valence-corrected chi connectivity index (χ3v) is 3.68. The number of aliphatic carboxylic acids is 1. The van der Waals surface area contributed by atoms with E-state index in [9.17, 15) is 4.79 Å². The van der Waals surface area contributed by atoms with E-state index in [0.717, 1.165) is 35.3 Å². The van der Waals surface area contributed by atoms with Gasteiger partial charge >= 0.3 is 5.97 Å². The second-order valence-electron chi connectivity index (χ2n) is 5.00. The summed E-state index contributed by atoms with van der Waals surface area (Å²) in [6, 6.07) is 9.49. The van der Waals surface area contributed by atoms with E-state index in [1.165, 1.54) is 0 Å². The third-order valence-electron chi connectivity index (χ3n) is 3.68. The van der Waals surface area contributed by atoms with Gasteiger partial charge in [-0.25, -0.2) is 4.98 Å². The SMILES string of the molecule is CC(C(=O)O)c1ccc2c(c1)CCc1cccnc1O2. The fourth-order valence-electron chi connectivity index (χ4n) is 2.39. The number of ether oxygens (including phenoxy) is 1. The van der Waals surface area contributed by atoms with E-state index in [2.05, 4.69) is 4.98 Å². The molecule has 0 fully saturated rings. The number of benzene rings is 1. The van der Waals surface area contributed by atoms with Crippen LogP contribution in [-0.4, -0.2) is 16.1 Å². The van der Waals surface area contributed by atoms with E-state index in [4.69, 9.17) is 9.84 Å². The summed E-state index contributed by atoms with van der Waals surface area (Å²) in [5, 5.41) is 9.10. The van der Waals surface area contributed by atoms with E-state index in [-0.39, 0.29) is 0 Å². The molecule has 3 rings (SSSR count). The summed E-state index contributed by atoms with van der Waals surface area (Å²) >= 11 is 0. The Bertz CT molecular complexity index is 667. The lowest BCUT2D eigenvalue weighted by Gasteiger charge is -2.11. The highest BCUT2D eigenvalue weighted by Gasteiger charge is 2.19. The van der Waals surface area contributed by atoms with Crippen molar-refractivity contribution in [1.82, 2.24) is 4.98 Å². The first-order valence-corrected chi connectivity index (χ1v) is 6.62. The van der Waals surface area contributed by atoms with Crippen molar-refractivity contribution < 1.29 is 14.6 Å². The molecule has 2 aromatic rings. The molecular formula is C16H15NO3. The zero-order valence-electron chi connectivity index (χ0n) is 11.2. The molecule has 0 radical (unpaired) electrons. The second kappa shape index (κ2) is 4.96. The first-order chi connectivity index (χ1) is 9.65. The van der Waals surface area contributed by atoms with Crippen molar-refractivity contribution in [2.45, 2.75) is 25.7 Å². The number of fused-ring (bicyclic) bond motifs is 2. The maximum Gasteiger partial charge on any atom is 0.310 e. The average molecular weight is 269 g/mol. The Balaban J connectivity index is 1.97. The van der Waals surface area contributed by atoms with Crippen LogP contribution in [0.3, 0.4) is 0 Å². The number of carboxylic acid groups (broad SMARTS) is 1. The monoisotopic (exact) mass is 269 g/mol. The van der Waals surface area contributed by atoms with Gasteiger partial charge in [0.2, 0.25) is 5.88 Å². The van der Waals surface area contributed by atoms with Crippen molar-refractivity contribution in [3.8, 4) is 11.6 Å². The van der Waals surface area contributed by atoms with Crippen molar-refractivity contribution in [3.05, 3.63) is 53.2 Å². The zero-order chi connectivity index (χ0) is 14.1. The number of aromatic nitrogens is 1. The molecule has 0 aliphatic carbocycles. The molecule has 1 aromatic heterocycles. The maximum absolute atomic E-state index is 11.1. The minimum Gasteiger partial charge on any atom is -0.481 e. The molecule has 1 unspecified atom stereocenters. The highest BCUT2D eigenvalue weighted by atomic mass is 16.5. The average Bonchev–Trinajstić information content (AvgIpc) is 2.64. The van der Waals surface area contributed by atoms with Crippen LogP contribution < -0.4 is 4.74 Å². The Labute approximate surface area is 117 Å². The molecule has 2 heterocycles. The predicted molar refractivity (Wildman–Crippen MR) is 74.2 cm³/mol. The van der Waals surface area contributed by atoms with E-state index in [1.807, 2.05) is 30.3 Å². The molecule has 102 valence electrons. The Kier molecular flexibility index (Phi) is 3.14. The molecule has 1 N–H and O–H groups in total. The fourth-order valence-corrected chi connectivity index (χ4v) is 2.39. The van der Waals surface area contributed by atoms with Gasteiger partial charge in [-0.1, -0.05) is 18.2 Å². The molecule has 0 spiro atoms. The van der Waals surface area contributed by atoms with Gasteiger partial charge in [0.05, 0.1) is 5.92 Å². The summed E-state index contributed by atoms with van der Waals surface area (Å²) in [7, 11) is 0. The molecule has 0 saturated carbocycles. The van der Waals surface area contributed by atoms with Crippen LogP contribution in [0.25, 0.3) is 0 Å². The molecule has 4 heteroatoms. The third kappa shape index (κ3) is 2.25. The van der Waals surface area contributed by atoms with Crippen LogP contribution in [0.2, 0.25) is 0 Å². The summed E-state index contributed by atoms with van der Waals surface area (Å²) in [5.74, 6) is 0.0857. The van der Waals surface area contributed by atoms with Crippen LogP contribution in [-0.2, 0) is 17.6 Å². The minimum absolute atomic E-state index is 0.510. The van der Waals surface area contributed by atoms with E-state index in [1.54, 1.807) is 13.1 Å². The fraction of sp³-hybridized carbons (Fsp3) is 0.250. The van der Waals surface area contributed by atoms with Crippen LogP contribution in [0.5, 0.6) is 11.6 Å². The summed E-state index contributed by atoms with van der Waals surface area (Å²) in [5.41, 5.74) is 2.92. The number of rotatable bonds is 2. The van der Waals surface area contributed by atoms with Gasteiger partial charge in [0.25, 0.3) is 0 Å². The standard InChI is InChI=1S/C16H15NO3/c1-10(16(18)19)12-6-7-14-13(9-12)5-4-11-3-2-8-17-15(11)20-14/h2-3,6-10H,4-5H2,1H3,(H,18,19). The Morgan fingerprint density at radius 1 is 1.30 bits per heavy atom. The first kappa shape index (κ1) is 12.7. The van der Waals surface area contributed by atoms with Crippen LogP contribution in [0.4, 0.5) is 0 Å². The molecule has 20 heavy (non-hydrogen) atoms. The molecule has 0 saturated heterocycles. The number of pyridine rings is 1. The summed E-state index contributed by atoms with van der Waals surface area (Å²) in [4.78, 5) is 15.3. The molecule has 1 aromatic carbocycles. The Morgan fingerprint density at radius 2 is 2.10 bits per heavy atom. The zero-order valence-corrected chi connectivity index (χ0v) is 11.2. The van der Waals surface area contributed by atoms with E-state index < -0.39 is 11.9 Å². The predicted octanol–water partition coefficient (Wildman–Crippen LogP) is 3.16. The lowest BCUT2D eigenvalue weighted by molar-refractivity contribution is -0.138. The number of hydrogen-bond donors (Lipinski definition) is 1. The van der Waals surface area contributed by atoms with Crippen LogP contribution >= 0.6 is 0 Å². The van der Waals surface area contributed by atoms with Gasteiger partial charge in [0.15, 0.2) is 0 Å². The lowest BCUT2D eigenvalue weighted by Crippen LogP contribution is -2.07. The van der Waals surface area contributed by atoms with Crippen molar-refractivity contribution in [2.75, 3.05) is 0 Å². The molecule has 1 aliphatic heterocycles. The number of nitrogens with zero attached hydrogens (tertiary/aromatic N) is 1. The van der Waals surface area contributed by atoms with Crippen LogP contribution in [0.1, 0.15) is 29.5 Å². The maximum atomic E-state index is 11.1. The van der Waals surface area contributed by atoms with E-state index >= 15 is 0 Å². The summed E-state index contributed by atoms with van der Waals surface area (Å²) in [6.07, 6.45) is 3.39. The quantitative estimate of drug-likeness (QED) is 0.909. The second-order valence-corrected chi connectivity index (χ2v) is 5.00. The molecule has 0 bridgehead atoms. The smallest absolute Gasteiger partial charge is 0.310 e. The van der Waals surface area contributed by atoms with Gasteiger partial charge in [0, 0.05) is 11.8 Å². The molecule has 1 atom stereocenters. The molecule has 4 nitrogen and oxygen atoms in total. The number of hydrogen-bond acceptors (Lipinski definition) is 3. The summed E-state index contributed by atoms with van der Waals surface area (Å²) in [6.45, 7) is 1.69. The normalized spacial score (nSPS) is 14.4. The molecule has 0 amide bonds. The summed E-state index contributed by atoms with van der Waals surface area (Å²) < 4.78 is 5.84. The molecular weight excluding hydrogens is 254 g/mol. The van der Waals surface area contributed by atoms with Gasteiger partial charge in [-0.2, -0.15) is 0 Å². The Hall–Kier alpha value is -2.36. The van der Waals surface area contributed by atoms with Gasteiger partial charge in [-0.15, -0.1) is 0 Å². The number of carbonyl (C=O) groups is 1. The largest absolute Gasteiger partial charge is 0.481 e. The van der Waals surface area contributed by atoms with Gasteiger partial charge in [-0.05, 0) is 43.0 Å². The lowest BCUT2D eigenvalue weighted by atomic mass is 9.96. The van der Waals surface area contributed by atoms with Crippen LogP contribution in [0, 0.1) is 0 Å². The van der Waals surface area contributed by atoms with Gasteiger partial charge in [0.1, 0.15) is 5.75 Å². The van der Waals surface area contributed by atoms with Crippen LogP contribution in [0.15, 0.2) is 36.5 Å². The highest BCUT2D eigenvalue weighted by Crippen LogP contribution is 2.33. The molecule has 1 aliphatic rings. The van der Waals surface area contributed by atoms with Crippen molar-refractivity contribution in [2.24, 2.45) is 0 Å². The first-order valence-electron chi connectivity index (χ1n) is 6.62. The Morgan fingerprint density at radius 3 is 2.90 bits per heavy atom. The number of aryl methyl sites for hydroxylation is 2. The van der Waals surface area contributed by atoms with Gasteiger partial charge < -0.3 is 9.84 Å². The van der Waals surface area contributed by atoms with Gasteiger partial charge in [-0.3, -0.25) is 4.79 Å². The minimum atomic E-state index is -0.815. The van der Waals surface area contributed by atoms with Crippen molar-refractivity contribution in [1.29, 1.82) is 0 Å².